The van der Waals surface area contributed by atoms with Crippen LogP contribution in [0.5, 0.6) is 5.88 Å². The van der Waals surface area contributed by atoms with Crippen LogP contribution in [0.15, 0.2) is 71.8 Å². The molecular formula is C34H38N6O6S. The molecule has 2 aromatic carbocycles. The lowest BCUT2D eigenvalue weighted by Crippen LogP contribution is -2.56. The number of aromatic nitrogens is 1. The molecule has 1 unspecified atom stereocenters. The molecule has 2 amide bonds. The van der Waals surface area contributed by atoms with Crippen LogP contribution in [0.2, 0.25) is 0 Å². The van der Waals surface area contributed by atoms with Crippen LogP contribution in [-0.4, -0.2) is 98.6 Å². The van der Waals surface area contributed by atoms with Crippen LogP contribution in [0, 0.1) is 11.3 Å². The average molecular weight is 659 g/mol. The number of carbonyl (C=O) groups is 2. The standard InChI is InChI=1S/C34H38N6O6S/c1-3-37-17-14-26(15-18-37)38-19-21-39(22-20-38)33(42)46-34(28-11-8-16-36-31(28)45-4-2)29-23-25(24-35)12-13-30(29)40(32(34)41)47(43,44)27-9-6-5-7-10-27/h5-13,16,23,26H,3-4,14-15,17-22H2,1-2H3. The van der Waals surface area contributed by atoms with Gasteiger partial charge >= 0.3 is 6.09 Å². The maximum absolute atomic E-state index is 14.9. The number of hydrogen-bond acceptors (Lipinski definition) is 10. The number of sulfonamides is 1. The SMILES string of the molecule is CCOc1ncccc1C1(OC(=O)N2CCN(C3CCN(CC)CC3)CC2)C(=O)N(S(=O)(=O)c2ccccc2)c2ccc(C#N)cc21. The molecule has 4 heterocycles. The molecule has 13 heteroatoms. The summed E-state index contributed by atoms with van der Waals surface area (Å²) in [5, 5.41) is 9.84. The third kappa shape index (κ3) is 5.81. The second-order valence-corrected chi connectivity index (χ2v) is 13.5. The van der Waals surface area contributed by atoms with Gasteiger partial charge in [0.2, 0.25) is 5.88 Å². The van der Waals surface area contributed by atoms with Gasteiger partial charge in [-0.15, -0.1) is 0 Å². The van der Waals surface area contributed by atoms with Gasteiger partial charge in [-0.05, 0) is 81.9 Å². The minimum atomic E-state index is -4.49. The van der Waals surface area contributed by atoms with Gasteiger partial charge in [0.1, 0.15) is 0 Å². The van der Waals surface area contributed by atoms with Gasteiger partial charge in [0.05, 0.1) is 34.4 Å². The molecule has 3 aromatic rings. The molecule has 2 fully saturated rings. The highest BCUT2D eigenvalue weighted by molar-refractivity contribution is 7.93. The van der Waals surface area contributed by atoms with Crippen molar-refractivity contribution in [1.29, 1.82) is 5.26 Å². The second kappa shape index (κ2) is 13.3. The Morgan fingerprint density at radius 1 is 0.979 bits per heavy atom. The van der Waals surface area contributed by atoms with E-state index in [0.717, 1.165) is 32.5 Å². The van der Waals surface area contributed by atoms with Crippen LogP contribution in [0.1, 0.15) is 43.4 Å². The minimum absolute atomic E-state index is 0.00617. The van der Waals surface area contributed by atoms with Crippen molar-refractivity contribution in [3.05, 3.63) is 83.6 Å². The Morgan fingerprint density at radius 2 is 1.70 bits per heavy atom. The second-order valence-electron chi connectivity index (χ2n) is 11.8. The van der Waals surface area contributed by atoms with Crippen molar-refractivity contribution < 1.29 is 27.5 Å². The molecule has 0 N–H and O–H groups in total. The summed E-state index contributed by atoms with van der Waals surface area (Å²) in [4.78, 5) is 39.6. The molecule has 3 aliphatic heterocycles. The summed E-state index contributed by atoms with van der Waals surface area (Å²) in [6, 6.07) is 17.4. The number of pyridine rings is 1. The highest BCUT2D eigenvalue weighted by atomic mass is 32.2. The zero-order valence-corrected chi connectivity index (χ0v) is 27.4. The van der Waals surface area contributed by atoms with Gasteiger partial charge < -0.3 is 19.3 Å². The van der Waals surface area contributed by atoms with Gasteiger partial charge in [0.15, 0.2) is 0 Å². The van der Waals surface area contributed by atoms with Gasteiger partial charge in [-0.3, -0.25) is 9.69 Å². The molecule has 47 heavy (non-hydrogen) atoms. The molecule has 0 spiro atoms. The van der Waals surface area contributed by atoms with E-state index in [2.05, 4.69) is 27.8 Å². The summed E-state index contributed by atoms with van der Waals surface area (Å²) in [6.45, 7) is 9.27. The molecule has 12 nitrogen and oxygen atoms in total. The number of fused-ring (bicyclic) bond motifs is 1. The van der Waals surface area contributed by atoms with Crippen LogP contribution >= 0.6 is 0 Å². The quantitative estimate of drug-likeness (QED) is 0.353. The van der Waals surface area contributed by atoms with E-state index < -0.39 is 27.6 Å². The maximum Gasteiger partial charge on any atom is 0.411 e. The van der Waals surface area contributed by atoms with Crippen molar-refractivity contribution in [2.75, 3.05) is 56.7 Å². The first kappa shape index (κ1) is 32.4. The predicted octanol–water partition coefficient (Wildman–Crippen LogP) is 3.57. The Hall–Kier alpha value is -4.51. The highest BCUT2D eigenvalue weighted by Gasteiger charge is 2.61. The van der Waals surface area contributed by atoms with Gasteiger partial charge in [-0.2, -0.15) is 9.57 Å². The zero-order valence-electron chi connectivity index (χ0n) is 26.5. The Bertz CT molecular complexity index is 1780. The number of piperidine rings is 1. The Kier molecular flexibility index (Phi) is 9.18. The number of hydrogen-bond donors (Lipinski definition) is 0. The smallest absolute Gasteiger partial charge is 0.411 e. The van der Waals surface area contributed by atoms with E-state index in [4.69, 9.17) is 9.47 Å². The molecule has 2 saturated heterocycles. The first-order chi connectivity index (χ1) is 22.7. The van der Waals surface area contributed by atoms with Crippen LogP contribution in [-0.2, 0) is 25.2 Å². The highest BCUT2D eigenvalue weighted by Crippen LogP contribution is 2.51. The molecule has 3 aliphatic rings. The summed E-state index contributed by atoms with van der Waals surface area (Å²) in [5.74, 6) is -1.03. The third-order valence-electron chi connectivity index (χ3n) is 9.26. The van der Waals surface area contributed by atoms with Crippen molar-refractivity contribution in [2.45, 2.75) is 43.2 Å². The van der Waals surface area contributed by atoms with E-state index in [-0.39, 0.29) is 39.8 Å². The maximum atomic E-state index is 14.9. The van der Waals surface area contributed by atoms with Crippen molar-refractivity contribution in [1.82, 2.24) is 19.7 Å². The number of benzene rings is 2. The fourth-order valence-corrected chi connectivity index (χ4v) is 8.24. The van der Waals surface area contributed by atoms with Crippen molar-refractivity contribution in [3.63, 3.8) is 0 Å². The summed E-state index contributed by atoms with van der Waals surface area (Å²) >= 11 is 0. The van der Waals surface area contributed by atoms with Crippen molar-refractivity contribution in [3.8, 4) is 11.9 Å². The number of anilines is 1. The monoisotopic (exact) mass is 658 g/mol. The number of carbonyl (C=O) groups excluding carboxylic acids is 2. The molecule has 6 rings (SSSR count). The van der Waals surface area contributed by atoms with E-state index in [1.165, 1.54) is 42.6 Å². The first-order valence-electron chi connectivity index (χ1n) is 16.0. The van der Waals surface area contributed by atoms with Gasteiger partial charge in [0, 0.05) is 44.0 Å². The summed E-state index contributed by atoms with van der Waals surface area (Å²) in [6.07, 6.45) is 2.83. The minimum Gasteiger partial charge on any atom is -0.478 e. The van der Waals surface area contributed by atoms with Crippen LogP contribution in [0.3, 0.4) is 0 Å². The van der Waals surface area contributed by atoms with Crippen molar-refractivity contribution >= 4 is 27.7 Å². The first-order valence-corrected chi connectivity index (χ1v) is 17.4. The lowest BCUT2D eigenvalue weighted by Gasteiger charge is -2.42. The van der Waals surface area contributed by atoms with E-state index in [0.29, 0.717) is 36.5 Å². The number of rotatable bonds is 8. The van der Waals surface area contributed by atoms with E-state index >= 15 is 0 Å². The molecule has 1 atom stereocenters. The lowest BCUT2D eigenvalue weighted by molar-refractivity contribution is -0.132. The molecule has 1 aromatic heterocycles. The summed E-state index contributed by atoms with van der Waals surface area (Å²) in [7, 11) is -4.49. The number of nitrogens with zero attached hydrogens (tertiary/aromatic N) is 6. The third-order valence-corrected chi connectivity index (χ3v) is 11.0. The molecular weight excluding hydrogens is 620 g/mol. The lowest BCUT2D eigenvalue weighted by atomic mass is 9.87. The van der Waals surface area contributed by atoms with Crippen LogP contribution in [0.25, 0.3) is 0 Å². The normalized spacial score (nSPS) is 20.9. The Labute approximate surface area is 275 Å². The van der Waals surface area contributed by atoms with Gasteiger partial charge in [-0.1, -0.05) is 25.1 Å². The van der Waals surface area contributed by atoms with Gasteiger partial charge in [0.25, 0.3) is 21.5 Å². The number of ether oxygens (including phenoxy) is 2. The topological polar surface area (TPSA) is 136 Å². The average Bonchev–Trinajstić information content (AvgIpc) is 3.36. The molecule has 0 radical (unpaired) electrons. The van der Waals surface area contributed by atoms with E-state index in [1.807, 2.05) is 0 Å². The zero-order chi connectivity index (χ0) is 33.2. The molecule has 0 aliphatic carbocycles. The molecule has 0 bridgehead atoms. The largest absolute Gasteiger partial charge is 0.478 e. The van der Waals surface area contributed by atoms with Crippen LogP contribution < -0.4 is 9.04 Å². The Balaban J connectivity index is 1.40. The summed E-state index contributed by atoms with van der Waals surface area (Å²) < 4.78 is 41.0. The Morgan fingerprint density at radius 3 is 2.36 bits per heavy atom. The predicted molar refractivity (Wildman–Crippen MR) is 173 cm³/mol. The number of likely N-dealkylation sites (tertiary alicyclic amines) is 1. The van der Waals surface area contributed by atoms with E-state index in [1.54, 1.807) is 36.1 Å². The number of amides is 2. The van der Waals surface area contributed by atoms with Crippen molar-refractivity contribution in [2.24, 2.45) is 0 Å². The van der Waals surface area contributed by atoms with Crippen LogP contribution in [0.4, 0.5) is 10.5 Å². The molecule has 0 saturated carbocycles. The number of piperazine rings is 1. The fraction of sp³-hybridized carbons (Fsp3) is 0.412. The molecule has 246 valence electrons. The van der Waals surface area contributed by atoms with E-state index in [9.17, 15) is 23.3 Å². The summed E-state index contributed by atoms with van der Waals surface area (Å²) in [5.41, 5.74) is -2.10. The number of nitriles is 1. The fourth-order valence-electron chi connectivity index (χ4n) is 6.76. The van der Waals surface area contributed by atoms with Gasteiger partial charge in [-0.25, -0.2) is 18.2 Å².